The summed E-state index contributed by atoms with van der Waals surface area (Å²) in [7, 11) is 0. The fourth-order valence-electron chi connectivity index (χ4n) is 6.83. The van der Waals surface area contributed by atoms with Crippen LogP contribution in [-0.2, 0) is 6.42 Å². The molecule has 0 N–H and O–H groups in total. The second-order valence-corrected chi connectivity index (χ2v) is 12.3. The zero-order valence-corrected chi connectivity index (χ0v) is 23.6. The lowest BCUT2D eigenvalue weighted by Crippen LogP contribution is -2.15. The monoisotopic (exact) mass is 482 g/mol. The molecule has 0 bridgehead atoms. The Morgan fingerprint density at radius 1 is 0.543 bits per heavy atom. The van der Waals surface area contributed by atoms with Crippen LogP contribution in [0.4, 0.5) is 0 Å². The largest absolute Gasteiger partial charge is 0.494 e. The van der Waals surface area contributed by atoms with Crippen molar-refractivity contribution in [3.05, 3.63) is 29.8 Å². The Morgan fingerprint density at radius 2 is 1.03 bits per heavy atom. The number of unbranched alkanes of at least 4 members (excludes halogenated alkanes) is 5. The average Bonchev–Trinajstić information content (AvgIpc) is 2.90. The van der Waals surface area contributed by atoms with Gasteiger partial charge in [0.15, 0.2) is 0 Å². The summed E-state index contributed by atoms with van der Waals surface area (Å²) in [6, 6.07) is 9.04. The van der Waals surface area contributed by atoms with E-state index >= 15 is 0 Å². The highest BCUT2D eigenvalue weighted by Crippen LogP contribution is 2.35. The highest BCUT2D eigenvalue weighted by Gasteiger charge is 2.21. The van der Waals surface area contributed by atoms with E-state index < -0.39 is 0 Å². The van der Waals surface area contributed by atoms with E-state index in [9.17, 15) is 0 Å². The van der Waals surface area contributed by atoms with Crippen molar-refractivity contribution in [2.24, 2.45) is 23.7 Å². The zero-order valence-electron chi connectivity index (χ0n) is 23.6. The van der Waals surface area contributed by atoms with Crippen LogP contribution in [0, 0.1) is 23.7 Å². The van der Waals surface area contributed by atoms with Crippen molar-refractivity contribution in [1.29, 1.82) is 0 Å². The third-order valence-electron chi connectivity index (χ3n) is 9.40. The molecule has 35 heavy (non-hydrogen) atoms. The second kappa shape index (κ2) is 17.5. The standard InChI is InChI=1S/C34H58O/c1-3-5-7-8-9-12-30-14-16-31(17-15-30)13-10-28-35-34-26-24-33(25-27-34)23-22-32-20-18-29(19-21-32)11-6-4-2/h24-27,29-32H,3-23,28H2,1-2H3. The van der Waals surface area contributed by atoms with Gasteiger partial charge >= 0.3 is 0 Å². The fraction of sp³-hybridized carbons (Fsp3) is 0.824. The van der Waals surface area contributed by atoms with Crippen molar-refractivity contribution in [3.8, 4) is 5.75 Å². The van der Waals surface area contributed by atoms with Crippen LogP contribution in [0.25, 0.3) is 0 Å². The minimum absolute atomic E-state index is 0.887. The zero-order chi connectivity index (χ0) is 24.6. The maximum absolute atomic E-state index is 6.10. The molecule has 0 saturated heterocycles. The summed E-state index contributed by atoms with van der Waals surface area (Å²) in [5, 5.41) is 0. The Hall–Kier alpha value is -0.980. The molecule has 0 unspecified atom stereocenters. The summed E-state index contributed by atoms with van der Waals surface area (Å²) >= 11 is 0. The molecule has 0 atom stereocenters. The van der Waals surface area contributed by atoms with Crippen molar-refractivity contribution in [2.75, 3.05) is 6.61 Å². The van der Waals surface area contributed by atoms with Gasteiger partial charge in [-0.3, -0.25) is 0 Å². The molecule has 0 spiro atoms. The fourth-order valence-corrected chi connectivity index (χ4v) is 6.83. The average molecular weight is 483 g/mol. The van der Waals surface area contributed by atoms with Crippen LogP contribution in [0.3, 0.4) is 0 Å². The Balaban J connectivity index is 1.20. The molecule has 0 aliphatic heterocycles. The first kappa shape index (κ1) is 28.6. The van der Waals surface area contributed by atoms with Crippen molar-refractivity contribution in [1.82, 2.24) is 0 Å². The van der Waals surface area contributed by atoms with Gasteiger partial charge in [0.25, 0.3) is 0 Å². The lowest BCUT2D eigenvalue weighted by Gasteiger charge is -2.28. The molecular weight excluding hydrogens is 424 g/mol. The van der Waals surface area contributed by atoms with E-state index in [0.717, 1.165) is 36.0 Å². The topological polar surface area (TPSA) is 9.23 Å². The van der Waals surface area contributed by atoms with Gasteiger partial charge in [-0.15, -0.1) is 0 Å². The van der Waals surface area contributed by atoms with E-state index in [4.69, 9.17) is 4.74 Å². The maximum atomic E-state index is 6.10. The van der Waals surface area contributed by atoms with Crippen molar-refractivity contribution in [2.45, 2.75) is 149 Å². The number of hydrogen-bond acceptors (Lipinski definition) is 1. The van der Waals surface area contributed by atoms with E-state index in [1.807, 2.05) is 0 Å². The molecule has 1 aromatic rings. The van der Waals surface area contributed by atoms with Gasteiger partial charge in [0.2, 0.25) is 0 Å². The Bertz CT molecular complexity index is 618. The second-order valence-electron chi connectivity index (χ2n) is 12.3. The number of aryl methyl sites for hydroxylation is 1. The third kappa shape index (κ3) is 11.7. The van der Waals surface area contributed by atoms with Gasteiger partial charge in [0.1, 0.15) is 5.75 Å². The van der Waals surface area contributed by atoms with Crippen molar-refractivity contribution < 1.29 is 4.74 Å². The van der Waals surface area contributed by atoms with E-state index in [1.165, 1.54) is 140 Å². The molecule has 1 heteroatoms. The molecule has 1 aromatic carbocycles. The Morgan fingerprint density at radius 3 is 1.60 bits per heavy atom. The molecule has 0 radical (unpaired) electrons. The number of benzene rings is 1. The summed E-state index contributed by atoms with van der Waals surface area (Å²) < 4.78 is 6.10. The summed E-state index contributed by atoms with van der Waals surface area (Å²) in [4.78, 5) is 0. The van der Waals surface area contributed by atoms with Gasteiger partial charge in [-0.25, -0.2) is 0 Å². The highest BCUT2D eigenvalue weighted by molar-refractivity contribution is 5.27. The van der Waals surface area contributed by atoms with Gasteiger partial charge in [0, 0.05) is 0 Å². The first-order valence-electron chi connectivity index (χ1n) is 16.0. The Labute approximate surface area is 219 Å². The van der Waals surface area contributed by atoms with Crippen LogP contribution < -0.4 is 4.74 Å². The normalized spacial score (nSPS) is 25.0. The third-order valence-corrected chi connectivity index (χ3v) is 9.40. The summed E-state index contributed by atoms with van der Waals surface area (Å²) in [6.45, 7) is 5.52. The number of hydrogen-bond donors (Lipinski definition) is 0. The molecule has 2 saturated carbocycles. The minimum atomic E-state index is 0.887. The molecule has 2 aliphatic carbocycles. The van der Waals surface area contributed by atoms with Gasteiger partial charge in [-0.2, -0.15) is 0 Å². The van der Waals surface area contributed by atoms with Gasteiger partial charge in [0.05, 0.1) is 6.61 Å². The van der Waals surface area contributed by atoms with Crippen molar-refractivity contribution >= 4 is 0 Å². The van der Waals surface area contributed by atoms with Crippen LogP contribution in [0.5, 0.6) is 5.75 Å². The molecule has 1 nitrogen and oxygen atoms in total. The minimum Gasteiger partial charge on any atom is -0.494 e. The lowest BCUT2D eigenvalue weighted by atomic mass is 9.78. The summed E-state index contributed by atoms with van der Waals surface area (Å²) in [5.41, 5.74) is 1.49. The van der Waals surface area contributed by atoms with Crippen molar-refractivity contribution in [3.63, 3.8) is 0 Å². The van der Waals surface area contributed by atoms with E-state index in [2.05, 4.69) is 38.1 Å². The van der Waals surface area contributed by atoms with E-state index in [0.29, 0.717) is 0 Å². The molecular formula is C34H58O. The van der Waals surface area contributed by atoms with Crippen LogP contribution in [0.15, 0.2) is 24.3 Å². The summed E-state index contributed by atoms with van der Waals surface area (Å²) in [6.07, 6.45) is 30.0. The van der Waals surface area contributed by atoms with Gasteiger partial charge in [-0.1, -0.05) is 135 Å². The highest BCUT2D eigenvalue weighted by atomic mass is 16.5. The summed E-state index contributed by atoms with van der Waals surface area (Å²) in [5.74, 6) is 5.05. The molecule has 2 fully saturated rings. The first-order chi connectivity index (χ1) is 17.3. The Kier molecular flexibility index (Phi) is 14.3. The van der Waals surface area contributed by atoms with E-state index in [-0.39, 0.29) is 0 Å². The van der Waals surface area contributed by atoms with Gasteiger partial charge < -0.3 is 4.74 Å². The molecule has 0 amide bonds. The van der Waals surface area contributed by atoms with E-state index in [1.54, 1.807) is 0 Å². The predicted molar refractivity (Wildman–Crippen MR) is 153 cm³/mol. The smallest absolute Gasteiger partial charge is 0.119 e. The van der Waals surface area contributed by atoms with Crippen LogP contribution in [0.2, 0.25) is 0 Å². The lowest BCUT2D eigenvalue weighted by molar-refractivity contribution is 0.228. The van der Waals surface area contributed by atoms with Crippen LogP contribution in [0.1, 0.15) is 148 Å². The first-order valence-corrected chi connectivity index (χ1v) is 16.0. The number of ether oxygens (including phenoxy) is 1. The quantitative estimate of drug-likeness (QED) is 0.201. The van der Waals surface area contributed by atoms with Crippen LogP contribution >= 0.6 is 0 Å². The predicted octanol–water partition coefficient (Wildman–Crippen LogP) is 10.9. The molecule has 200 valence electrons. The molecule has 3 rings (SSSR count). The van der Waals surface area contributed by atoms with Gasteiger partial charge in [-0.05, 0) is 67.1 Å². The molecule has 2 aliphatic rings. The molecule has 0 aromatic heterocycles. The van der Waals surface area contributed by atoms with Crippen LogP contribution in [-0.4, -0.2) is 6.61 Å². The maximum Gasteiger partial charge on any atom is 0.119 e. The SMILES string of the molecule is CCCCCCCC1CCC(CCCOc2ccc(CCC3CCC(CCCC)CC3)cc2)CC1. The number of rotatable bonds is 17. The molecule has 0 heterocycles.